The number of carbonyl (C=O) groups excluding carboxylic acids is 1. The Morgan fingerprint density at radius 2 is 1.87 bits per heavy atom. The molecule has 1 atom stereocenters. The van der Waals surface area contributed by atoms with Crippen molar-refractivity contribution in [1.29, 1.82) is 0 Å². The van der Waals surface area contributed by atoms with Crippen molar-refractivity contribution in [1.82, 2.24) is 10.6 Å². The Morgan fingerprint density at radius 1 is 1.23 bits per heavy atom. The number of aliphatic carboxylic acids is 1. The van der Waals surface area contributed by atoms with Crippen LogP contribution in [0, 0.1) is 5.82 Å². The van der Waals surface area contributed by atoms with Crippen molar-refractivity contribution in [2.24, 2.45) is 0 Å². The third-order valence-electron chi connectivity index (χ3n) is 3.67. The summed E-state index contributed by atoms with van der Waals surface area (Å²) in [5, 5.41) is 13.1. The number of piperidine rings is 1. The second-order valence-corrected chi connectivity index (χ2v) is 6.26. The number of hydrogen-bond acceptors (Lipinski definition) is 4. The Balaban J connectivity index is 0.000000553. The second kappa shape index (κ2) is 11.0. The highest BCUT2D eigenvalue weighted by molar-refractivity contribution is 5.76. The molecule has 13 heteroatoms. The predicted octanol–water partition coefficient (Wildman–Crippen LogP) is 3.16. The zero-order valence-corrected chi connectivity index (χ0v) is 15.4. The maximum Gasteiger partial charge on any atom is 0.490 e. The molecule has 30 heavy (non-hydrogen) atoms. The first-order valence-corrected chi connectivity index (χ1v) is 8.56. The number of hydrogen-bond donors (Lipinski definition) is 3. The Morgan fingerprint density at radius 3 is 2.37 bits per heavy atom. The van der Waals surface area contributed by atoms with Crippen molar-refractivity contribution in [3.63, 3.8) is 0 Å². The largest absolute Gasteiger partial charge is 0.490 e. The minimum atomic E-state index is -5.08. The highest BCUT2D eigenvalue weighted by atomic mass is 19.4. The zero-order valence-electron chi connectivity index (χ0n) is 15.4. The molecule has 0 aromatic heterocycles. The number of carbonyl (C=O) groups is 2. The van der Waals surface area contributed by atoms with Crippen LogP contribution >= 0.6 is 0 Å². The van der Waals surface area contributed by atoms with Crippen LogP contribution in [-0.4, -0.2) is 48.5 Å². The Bertz CT molecular complexity index is 723. The first-order chi connectivity index (χ1) is 13.8. The SMILES string of the molecule is O=C(O)C(F)(F)F.O=C1CCC[C@H](CNCc2ccc(OCC(F)(F)F)c(F)c2)N1. The second-order valence-electron chi connectivity index (χ2n) is 6.26. The van der Waals surface area contributed by atoms with Gasteiger partial charge >= 0.3 is 18.3 Å². The molecule has 0 aliphatic carbocycles. The lowest BCUT2D eigenvalue weighted by atomic mass is 10.0. The van der Waals surface area contributed by atoms with Crippen molar-refractivity contribution in [2.45, 2.75) is 44.2 Å². The Hall–Kier alpha value is -2.57. The molecule has 3 N–H and O–H groups in total. The normalized spacial score (nSPS) is 16.9. The van der Waals surface area contributed by atoms with Crippen molar-refractivity contribution in [2.75, 3.05) is 13.2 Å². The quantitative estimate of drug-likeness (QED) is 0.582. The van der Waals surface area contributed by atoms with Crippen LogP contribution in [0.15, 0.2) is 18.2 Å². The van der Waals surface area contributed by atoms with Crippen LogP contribution in [0.5, 0.6) is 5.75 Å². The molecular weight excluding hydrogens is 429 g/mol. The smallest absolute Gasteiger partial charge is 0.481 e. The maximum absolute atomic E-state index is 13.7. The molecule has 1 aliphatic heterocycles. The van der Waals surface area contributed by atoms with E-state index < -0.39 is 36.5 Å². The van der Waals surface area contributed by atoms with Gasteiger partial charge in [0.05, 0.1) is 0 Å². The van der Waals surface area contributed by atoms with Gasteiger partial charge < -0.3 is 20.5 Å². The van der Waals surface area contributed by atoms with Gasteiger partial charge in [-0.05, 0) is 30.5 Å². The molecule has 2 rings (SSSR count). The minimum Gasteiger partial charge on any atom is -0.481 e. The van der Waals surface area contributed by atoms with Crippen LogP contribution in [0.1, 0.15) is 24.8 Å². The molecule has 0 bridgehead atoms. The lowest BCUT2D eigenvalue weighted by molar-refractivity contribution is -0.192. The number of carboxylic acid groups (broad SMARTS) is 1. The third kappa shape index (κ3) is 10.3. The van der Waals surface area contributed by atoms with Gasteiger partial charge in [-0.25, -0.2) is 9.18 Å². The predicted molar refractivity (Wildman–Crippen MR) is 89.1 cm³/mol. The lowest BCUT2D eigenvalue weighted by Crippen LogP contribution is -2.44. The highest BCUT2D eigenvalue weighted by Crippen LogP contribution is 2.22. The molecule has 1 heterocycles. The van der Waals surface area contributed by atoms with E-state index in [2.05, 4.69) is 15.4 Å². The highest BCUT2D eigenvalue weighted by Gasteiger charge is 2.38. The van der Waals surface area contributed by atoms with Crippen molar-refractivity contribution in [3.05, 3.63) is 29.6 Å². The average Bonchev–Trinajstić information content (AvgIpc) is 2.60. The van der Waals surface area contributed by atoms with E-state index in [1.54, 1.807) is 0 Å². The molecule has 1 aromatic carbocycles. The molecule has 1 aliphatic rings. The molecule has 0 spiro atoms. The topological polar surface area (TPSA) is 87.7 Å². The number of halogens is 7. The van der Waals surface area contributed by atoms with Gasteiger partial charge in [-0.1, -0.05) is 6.07 Å². The first-order valence-electron chi connectivity index (χ1n) is 8.56. The van der Waals surface area contributed by atoms with Gasteiger partial charge in [-0.15, -0.1) is 0 Å². The summed E-state index contributed by atoms with van der Waals surface area (Å²) in [5.41, 5.74) is 0.587. The summed E-state index contributed by atoms with van der Waals surface area (Å²) in [5.74, 6) is -3.99. The molecule has 6 nitrogen and oxygen atoms in total. The van der Waals surface area contributed by atoms with E-state index in [0.717, 1.165) is 18.9 Å². The standard InChI is InChI=1S/C15H18F4N2O2.C2HF3O2/c16-12-6-10(4-5-13(12)23-9-15(17,18)19)7-20-8-11-2-1-3-14(22)21-11;3-2(4,5)1(6)7/h4-6,11,20H,1-3,7-9H2,(H,21,22);(H,6,7)/t11-;/m1./s1. The van der Waals surface area contributed by atoms with Crippen LogP contribution in [0.4, 0.5) is 30.7 Å². The summed E-state index contributed by atoms with van der Waals surface area (Å²) >= 11 is 0. The number of alkyl halides is 6. The Labute approximate surface area is 166 Å². The zero-order chi connectivity index (χ0) is 22.9. The van der Waals surface area contributed by atoms with Crippen LogP contribution in [0.2, 0.25) is 0 Å². The summed E-state index contributed by atoms with van der Waals surface area (Å²) in [6.07, 6.45) is -7.31. The van der Waals surface area contributed by atoms with Crippen molar-refractivity contribution < 1.29 is 50.2 Å². The minimum absolute atomic E-state index is 0.0280. The van der Waals surface area contributed by atoms with Crippen LogP contribution in [0.25, 0.3) is 0 Å². The number of amides is 1. The van der Waals surface area contributed by atoms with Gasteiger partial charge in [0.15, 0.2) is 18.2 Å². The lowest BCUT2D eigenvalue weighted by Gasteiger charge is -2.23. The molecule has 1 amide bonds. The summed E-state index contributed by atoms with van der Waals surface area (Å²) < 4.78 is 85.9. The van der Waals surface area contributed by atoms with Gasteiger partial charge in [-0.3, -0.25) is 4.79 Å². The average molecular weight is 448 g/mol. The van der Waals surface area contributed by atoms with E-state index >= 15 is 0 Å². The third-order valence-corrected chi connectivity index (χ3v) is 3.67. The van der Waals surface area contributed by atoms with Crippen LogP contribution in [-0.2, 0) is 16.1 Å². The van der Waals surface area contributed by atoms with Crippen molar-refractivity contribution in [3.8, 4) is 5.75 Å². The number of ether oxygens (including phenoxy) is 1. The van der Waals surface area contributed by atoms with Gasteiger partial charge in [0, 0.05) is 25.6 Å². The van der Waals surface area contributed by atoms with Crippen LogP contribution < -0.4 is 15.4 Å². The molecule has 1 aromatic rings. The van der Waals surface area contributed by atoms with Gasteiger partial charge in [0.25, 0.3) is 0 Å². The number of nitrogens with one attached hydrogen (secondary N) is 2. The van der Waals surface area contributed by atoms with Gasteiger partial charge in [-0.2, -0.15) is 26.3 Å². The molecule has 170 valence electrons. The van der Waals surface area contributed by atoms with E-state index in [1.165, 1.54) is 12.1 Å². The number of carboxylic acids is 1. The Kier molecular flexibility index (Phi) is 9.33. The van der Waals surface area contributed by atoms with Gasteiger partial charge in [0.2, 0.25) is 5.91 Å². The molecule has 1 fully saturated rings. The fourth-order valence-corrected chi connectivity index (χ4v) is 2.36. The summed E-state index contributed by atoms with van der Waals surface area (Å²) in [4.78, 5) is 20.1. The van der Waals surface area contributed by atoms with E-state index in [4.69, 9.17) is 9.90 Å². The van der Waals surface area contributed by atoms with E-state index in [9.17, 15) is 35.5 Å². The van der Waals surface area contributed by atoms with E-state index in [0.29, 0.717) is 25.1 Å². The summed E-state index contributed by atoms with van der Waals surface area (Å²) in [6, 6.07) is 3.87. The first kappa shape index (κ1) is 25.5. The van der Waals surface area contributed by atoms with E-state index in [-0.39, 0.29) is 11.9 Å². The number of rotatable bonds is 6. The summed E-state index contributed by atoms with van der Waals surface area (Å²) in [7, 11) is 0. The number of benzene rings is 1. The molecule has 1 saturated heterocycles. The molecule has 0 unspecified atom stereocenters. The monoisotopic (exact) mass is 448 g/mol. The molecular formula is C17H19F7N2O4. The van der Waals surface area contributed by atoms with Gasteiger partial charge in [0.1, 0.15) is 0 Å². The fourth-order valence-electron chi connectivity index (χ4n) is 2.36. The summed E-state index contributed by atoms with van der Waals surface area (Å²) in [6.45, 7) is -0.620. The van der Waals surface area contributed by atoms with Crippen LogP contribution in [0.3, 0.4) is 0 Å². The fraction of sp³-hybridized carbons (Fsp3) is 0.529. The molecule has 0 saturated carbocycles. The maximum atomic E-state index is 13.7. The van der Waals surface area contributed by atoms with Crippen molar-refractivity contribution >= 4 is 11.9 Å². The molecule has 0 radical (unpaired) electrons. The van der Waals surface area contributed by atoms with E-state index in [1.807, 2.05) is 0 Å².